The van der Waals surface area contributed by atoms with E-state index in [0.29, 0.717) is 29.7 Å². The first-order valence-corrected chi connectivity index (χ1v) is 11.4. The fourth-order valence-corrected chi connectivity index (χ4v) is 4.93. The van der Waals surface area contributed by atoms with E-state index in [-0.39, 0.29) is 23.6 Å². The molecule has 0 N–H and O–H groups in total. The molecule has 170 valence electrons. The molecule has 8 nitrogen and oxygen atoms in total. The zero-order chi connectivity index (χ0) is 22.4. The number of aromatic nitrogens is 4. The highest BCUT2D eigenvalue weighted by Crippen LogP contribution is 2.29. The van der Waals surface area contributed by atoms with Crippen molar-refractivity contribution < 1.29 is 13.7 Å². The van der Waals surface area contributed by atoms with Crippen LogP contribution in [0, 0.1) is 17.7 Å². The van der Waals surface area contributed by atoms with Crippen LogP contribution in [0.5, 0.6) is 0 Å². The lowest BCUT2D eigenvalue weighted by Gasteiger charge is -2.40. The summed E-state index contributed by atoms with van der Waals surface area (Å²) in [7, 11) is 0. The molecule has 0 aliphatic carbocycles. The lowest BCUT2D eigenvalue weighted by atomic mass is 9.99. The van der Waals surface area contributed by atoms with Crippen molar-refractivity contribution in [3.8, 4) is 5.95 Å². The van der Waals surface area contributed by atoms with Crippen LogP contribution in [0.2, 0.25) is 0 Å². The Morgan fingerprint density at radius 2 is 2.06 bits per heavy atom. The number of para-hydroxylation sites is 1. The normalized spacial score (nSPS) is 19.9. The van der Waals surface area contributed by atoms with E-state index in [2.05, 4.69) is 20.1 Å². The Labute approximate surface area is 186 Å². The van der Waals surface area contributed by atoms with E-state index in [1.807, 2.05) is 24.8 Å². The predicted molar refractivity (Wildman–Crippen MR) is 117 cm³/mol. The Bertz CT molecular complexity index is 1130. The highest BCUT2D eigenvalue weighted by atomic mass is 19.1. The van der Waals surface area contributed by atoms with Crippen LogP contribution < -0.4 is 0 Å². The number of rotatable bonds is 6. The van der Waals surface area contributed by atoms with Gasteiger partial charge in [-0.1, -0.05) is 26.0 Å². The molecule has 4 heterocycles. The smallest absolute Gasteiger partial charge is 0.291 e. The van der Waals surface area contributed by atoms with Gasteiger partial charge in [0.25, 0.3) is 5.95 Å². The Balaban J connectivity index is 1.25. The van der Waals surface area contributed by atoms with Crippen molar-refractivity contribution in [2.45, 2.75) is 39.5 Å². The summed E-state index contributed by atoms with van der Waals surface area (Å²) in [6, 6.07) is 5.00. The lowest BCUT2D eigenvalue weighted by molar-refractivity contribution is -0.135. The van der Waals surface area contributed by atoms with Gasteiger partial charge >= 0.3 is 0 Å². The third kappa shape index (κ3) is 3.90. The molecule has 9 heteroatoms. The second kappa shape index (κ2) is 8.27. The van der Waals surface area contributed by atoms with E-state index >= 15 is 0 Å². The molecule has 0 saturated carbocycles. The maximum Gasteiger partial charge on any atom is 0.291 e. The number of likely N-dealkylation sites (tertiary alicyclic amines) is 2. The van der Waals surface area contributed by atoms with Crippen molar-refractivity contribution in [2.75, 3.05) is 32.7 Å². The average molecular weight is 441 g/mol. The fraction of sp³-hybridized carbons (Fsp3) is 0.565. The minimum atomic E-state index is -0.348. The zero-order valence-electron chi connectivity index (χ0n) is 18.8. The highest BCUT2D eigenvalue weighted by molar-refractivity contribution is 5.84. The third-order valence-corrected chi connectivity index (χ3v) is 6.63. The molecule has 1 atom stereocenters. The molecular formula is C23H29FN6O2. The molecule has 2 aliphatic heterocycles. The van der Waals surface area contributed by atoms with Gasteiger partial charge in [0.15, 0.2) is 0 Å². The first kappa shape index (κ1) is 21.1. The summed E-state index contributed by atoms with van der Waals surface area (Å²) >= 11 is 0. The minimum Gasteiger partial charge on any atom is -0.342 e. The van der Waals surface area contributed by atoms with Gasteiger partial charge < -0.3 is 14.3 Å². The summed E-state index contributed by atoms with van der Waals surface area (Å²) in [5.74, 6) is 1.82. The molecule has 3 aromatic rings. The summed E-state index contributed by atoms with van der Waals surface area (Å²) in [6.45, 7) is 10.5. The van der Waals surface area contributed by atoms with Crippen molar-refractivity contribution in [1.29, 1.82) is 0 Å². The number of nitrogens with zero attached hydrogens (tertiary/aromatic N) is 6. The lowest BCUT2D eigenvalue weighted by Crippen LogP contribution is -2.52. The van der Waals surface area contributed by atoms with E-state index in [1.54, 1.807) is 13.0 Å². The van der Waals surface area contributed by atoms with E-state index in [9.17, 15) is 9.18 Å². The van der Waals surface area contributed by atoms with Gasteiger partial charge in [0.1, 0.15) is 11.3 Å². The van der Waals surface area contributed by atoms with Gasteiger partial charge in [0, 0.05) is 50.8 Å². The van der Waals surface area contributed by atoms with Crippen LogP contribution in [-0.2, 0) is 11.2 Å². The number of carbonyl (C=O) groups is 1. The monoisotopic (exact) mass is 440 g/mol. The molecule has 0 bridgehead atoms. The third-order valence-electron chi connectivity index (χ3n) is 6.63. The summed E-state index contributed by atoms with van der Waals surface area (Å²) in [6.07, 6.45) is 1.78. The first-order chi connectivity index (χ1) is 15.4. The molecule has 5 rings (SSSR count). The molecular weight excluding hydrogens is 411 g/mol. The van der Waals surface area contributed by atoms with Crippen molar-refractivity contribution in [1.82, 2.24) is 29.7 Å². The number of carbonyl (C=O) groups excluding carboxylic acids is 1. The van der Waals surface area contributed by atoms with E-state index in [1.165, 1.54) is 10.7 Å². The number of amides is 1. The molecule has 2 aromatic heterocycles. The minimum absolute atomic E-state index is 0.148. The maximum atomic E-state index is 14.6. The Morgan fingerprint density at radius 1 is 1.25 bits per heavy atom. The van der Waals surface area contributed by atoms with E-state index in [0.717, 1.165) is 50.2 Å². The molecule has 2 aliphatic rings. The first-order valence-electron chi connectivity index (χ1n) is 11.4. The molecule has 1 amide bonds. The Morgan fingerprint density at radius 3 is 2.81 bits per heavy atom. The zero-order valence-corrected chi connectivity index (χ0v) is 18.8. The number of halogens is 1. The number of hydrogen-bond donors (Lipinski definition) is 0. The largest absolute Gasteiger partial charge is 0.342 e. The Kier molecular flexibility index (Phi) is 5.44. The van der Waals surface area contributed by atoms with Crippen molar-refractivity contribution in [3.63, 3.8) is 0 Å². The van der Waals surface area contributed by atoms with Crippen LogP contribution in [-0.4, -0.2) is 68.4 Å². The van der Waals surface area contributed by atoms with Crippen LogP contribution in [0.4, 0.5) is 4.39 Å². The predicted octanol–water partition coefficient (Wildman–Crippen LogP) is 3.01. The van der Waals surface area contributed by atoms with Crippen molar-refractivity contribution >= 4 is 16.8 Å². The van der Waals surface area contributed by atoms with Gasteiger partial charge in [-0.15, -0.1) is 0 Å². The maximum absolute atomic E-state index is 14.6. The molecule has 32 heavy (non-hydrogen) atoms. The van der Waals surface area contributed by atoms with Crippen LogP contribution in [0.3, 0.4) is 0 Å². The second-order valence-corrected chi connectivity index (χ2v) is 9.48. The molecule has 0 radical (unpaired) electrons. The molecule has 2 fully saturated rings. The fourth-order valence-electron chi connectivity index (χ4n) is 4.93. The molecule has 0 spiro atoms. The number of fused-ring (bicyclic) bond motifs is 1. The van der Waals surface area contributed by atoms with Crippen LogP contribution >= 0.6 is 0 Å². The molecule has 1 unspecified atom stereocenters. The van der Waals surface area contributed by atoms with Crippen LogP contribution in [0.15, 0.2) is 22.7 Å². The van der Waals surface area contributed by atoms with Gasteiger partial charge in [0.05, 0.1) is 5.69 Å². The van der Waals surface area contributed by atoms with Crippen molar-refractivity contribution in [3.05, 3.63) is 35.6 Å². The summed E-state index contributed by atoms with van der Waals surface area (Å²) in [5.41, 5.74) is 1.20. The summed E-state index contributed by atoms with van der Waals surface area (Å²) < 4.78 is 21.6. The van der Waals surface area contributed by atoms with Gasteiger partial charge in [-0.05, 0) is 36.0 Å². The van der Waals surface area contributed by atoms with Gasteiger partial charge in [0.2, 0.25) is 11.8 Å². The number of benzene rings is 1. The number of hydrogen-bond acceptors (Lipinski definition) is 6. The summed E-state index contributed by atoms with van der Waals surface area (Å²) in [4.78, 5) is 20.3. The summed E-state index contributed by atoms with van der Waals surface area (Å²) in [5, 5.41) is 9.48. The van der Waals surface area contributed by atoms with Gasteiger partial charge in [-0.3, -0.25) is 4.79 Å². The van der Waals surface area contributed by atoms with Crippen LogP contribution in [0.25, 0.3) is 16.9 Å². The van der Waals surface area contributed by atoms with E-state index in [4.69, 9.17) is 4.52 Å². The van der Waals surface area contributed by atoms with E-state index < -0.39 is 0 Å². The molecule has 2 saturated heterocycles. The highest BCUT2D eigenvalue weighted by Gasteiger charge is 2.33. The standard InChI is InChI=1S/C23H29FN6O2/c1-14(2)21-18-5-4-6-19(24)22(18)30(26-21)23-25-20(32-27-23)9-16-7-8-28(10-16)11-17-12-29(13-17)15(3)31/h4-6,14,16-17H,7-13H2,1-3H3. The SMILES string of the molecule is CC(=O)N1CC(CN2CCC(Cc3nc(-n4nc(C(C)C)c5cccc(F)c54)no3)C2)C1. The second-order valence-electron chi connectivity index (χ2n) is 9.48. The van der Waals surface area contributed by atoms with Gasteiger partial charge in [-0.2, -0.15) is 14.8 Å². The quantitative estimate of drug-likeness (QED) is 0.586. The van der Waals surface area contributed by atoms with Crippen molar-refractivity contribution in [2.24, 2.45) is 11.8 Å². The topological polar surface area (TPSA) is 80.3 Å². The average Bonchev–Trinajstić information content (AvgIpc) is 3.43. The Hall–Kier alpha value is -2.81. The van der Waals surface area contributed by atoms with Gasteiger partial charge in [-0.25, -0.2) is 4.39 Å². The molecule has 1 aromatic carbocycles. The van der Waals surface area contributed by atoms with Crippen LogP contribution in [0.1, 0.15) is 44.7 Å².